The second kappa shape index (κ2) is 7.29. The number of ether oxygens (including phenoxy) is 1. The normalized spacial score (nSPS) is 11.8. The molecule has 0 heterocycles. The first-order chi connectivity index (χ1) is 6.12. The zero-order valence-corrected chi connectivity index (χ0v) is 9.10. The molecular formula is C8H18O4S. The van der Waals surface area contributed by atoms with E-state index >= 15 is 0 Å². The number of rotatable bonds is 8. The summed E-state index contributed by atoms with van der Waals surface area (Å²) >= 11 is 0. The second-order valence-corrected chi connectivity index (χ2v) is 4.56. The van der Waals surface area contributed by atoms with E-state index in [9.17, 15) is 8.42 Å². The van der Waals surface area contributed by atoms with Crippen LogP contribution in [0.15, 0.2) is 0 Å². The molecule has 0 fully saturated rings. The third-order valence-corrected chi connectivity index (χ3v) is 2.72. The predicted molar refractivity (Wildman–Crippen MR) is 51.1 cm³/mol. The SMILES string of the molecule is CCCCOCCOS(=O)(=O)CC. The average Bonchev–Trinajstić information content (AvgIpc) is 2.11. The molecule has 0 aromatic heterocycles. The van der Waals surface area contributed by atoms with Gasteiger partial charge in [0.1, 0.15) is 0 Å². The minimum Gasteiger partial charge on any atom is -0.379 e. The summed E-state index contributed by atoms with van der Waals surface area (Å²) in [5, 5.41) is 0. The molecule has 0 aliphatic carbocycles. The molecule has 0 aliphatic heterocycles. The smallest absolute Gasteiger partial charge is 0.267 e. The summed E-state index contributed by atoms with van der Waals surface area (Å²) in [5.74, 6) is 0.0158. The van der Waals surface area contributed by atoms with E-state index in [2.05, 4.69) is 11.1 Å². The molecule has 0 radical (unpaired) electrons. The number of unbranched alkanes of at least 4 members (excludes halogenated alkanes) is 1. The first-order valence-electron chi connectivity index (χ1n) is 4.57. The molecular weight excluding hydrogens is 192 g/mol. The average molecular weight is 210 g/mol. The maximum Gasteiger partial charge on any atom is 0.267 e. The molecule has 13 heavy (non-hydrogen) atoms. The van der Waals surface area contributed by atoms with Gasteiger partial charge < -0.3 is 4.74 Å². The molecule has 0 aromatic carbocycles. The van der Waals surface area contributed by atoms with Crippen LogP contribution in [0, 0.1) is 0 Å². The maximum atomic E-state index is 10.8. The summed E-state index contributed by atoms with van der Waals surface area (Å²) in [5.41, 5.74) is 0. The van der Waals surface area contributed by atoms with E-state index in [4.69, 9.17) is 4.74 Å². The van der Waals surface area contributed by atoms with E-state index < -0.39 is 10.1 Å². The van der Waals surface area contributed by atoms with Gasteiger partial charge in [0.2, 0.25) is 0 Å². The highest BCUT2D eigenvalue weighted by atomic mass is 32.2. The molecule has 0 unspecified atom stereocenters. The van der Waals surface area contributed by atoms with Crippen molar-refractivity contribution in [3.63, 3.8) is 0 Å². The summed E-state index contributed by atoms with van der Waals surface area (Å²) < 4.78 is 31.4. The zero-order chi connectivity index (χ0) is 10.2. The van der Waals surface area contributed by atoms with E-state index in [-0.39, 0.29) is 12.4 Å². The van der Waals surface area contributed by atoms with Gasteiger partial charge in [0, 0.05) is 6.61 Å². The van der Waals surface area contributed by atoms with Gasteiger partial charge in [-0.25, -0.2) is 0 Å². The predicted octanol–water partition coefficient (Wildman–Crippen LogP) is 1.17. The lowest BCUT2D eigenvalue weighted by atomic mass is 10.4. The highest BCUT2D eigenvalue weighted by Gasteiger charge is 2.05. The Balaban J connectivity index is 3.26. The Morgan fingerprint density at radius 3 is 2.31 bits per heavy atom. The fraction of sp³-hybridized carbons (Fsp3) is 1.00. The topological polar surface area (TPSA) is 52.6 Å². The lowest BCUT2D eigenvalue weighted by Crippen LogP contribution is -2.13. The number of hydrogen-bond donors (Lipinski definition) is 0. The van der Waals surface area contributed by atoms with Crippen molar-refractivity contribution in [2.45, 2.75) is 26.7 Å². The molecule has 0 aliphatic rings. The third-order valence-electron chi connectivity index (χ3n) is 1.49. The lowest BCUT2D eigenvalue weighted by Gasteiger charge is -2.03. The first-order valence-corrected chi connectivity index (χ1v) is 6.15. The second-order valence-electron chi connectivity index (χ2n) is 2.63. The molecule has 0 spiro atoms. The van der Waals surface area contributed by atoms with E-state index in [1.807, 2.05) is 0 Å². The molecule has 0 rings (SSSR count). The van der Waals surface area contributed by atoms with Crippen molar-refractivity contribution in [1.82, 2.24) is 0 Å². The largest absolute Gasteiger partial charge is 0.379 e. The van der Waals surface area contributed by atoms with Crippen LogP contribution in [-0.2, 0) is 19.0 Å². The molecule has 80 valence electrons. The molecule has 0 saturated heterocycles. The van der Waals surface area contributed by atoms with Crippen molar-refractivity contribution in [2.24, 2.45) is 0 Å². The highest BCUT2D eigenvalue weighted by Crippen LogP contribution is 1.93. The lowest BCUT2D eigenvalue weighted by molar-refractivity contribution is 0.100. The van der Waals surface area contributed by atoms with Crippen LogP contribution in [0.5, 0.6) is 0 Å². The van der Waals surface area contributed by atoms with Gasteiger partial charge >= 0.3 is 0 Å². The van der Waals surface area contributed by atoms with Gasteiger partial charge in [-0.15, -0.1) is 0 Å². The van der Waals surface area contributed by atoms with E-state index in [1.165, 1.54) is 0 Å². The van der Waals surface area contributed by atoms with Crippen molar-refractivity contribution >= 4 is 10.1 Å². The van der Waals surface area contributed by atoms with Gasteiger partial charge in [0.05, 0.1) is 19.0 Å². The standard InChI is InChI=1S/C8H18O4S/c1-3-5-6-11-7-8-12-13(9,10)4-2/h3-8H2,1-2H3. The van der Waals surface area contributed by atoms with Crippen LogP contribution in [0.2, 0.25) is 0 Å². The van der Waals surface area contributed by atoms with Crippen molar-refractivity contribution in [1.29, 1.82) is 0 Å². The van der Waals surface area contributed by atoms with E-state index in [0.717, 1.165) is 12.8 Å². The van der Waals surface area contributed by atoms with Gasteiger partial charge in [-0.3, -0.25) is 4.18 Å². The molecule has 0 saturated carbocycles. The summed E-state index contributed by atoms with van der Waals surface area (Å²) in [6.45, 7) is 4.76. The molecule has 0 aromatic rings. The zero-order valence-electron chi connectivity index (χ0n) is 8.28. The maximum absolute atomic E-state index is 10.8. The highest BCUT2D eigenvalue weighted by molar-refractivity contribution is 7.86. The molecule has 5 heteroatoms. The van der Waals surface area contributed by atoms with Gasteiger partial charge in [-0.1, -0.05) is 13.3 Å². The molecule has 0 atom stereocenters. The Bertz CT molecular complexity index is 198. The first kappa shape index (κ1) is 12.9. The quantitative estimate of drug-likeness (QED) is 0.446. The molecule has 4 nitrogen and oxygen atoms in total. The Morgan fingerprint density at radius 1 is 1.08 bits per heavy atom. The Labute approximate surface area is 80.4 Å². The van der Waals surface area contributed by atoms with Crippen LogP contribution < -0.4 is 0 Å². The minimum atomic E-state index is -3.29. The van der Waals surface area contributed by atoms with Gasteiger partial charge in [-0.05, 0) is 13.3 Å². The monoisotopic (exact) mass is 210 g/mol. The molecule has 0 amide bonds. The van der Waals surface area contributed by atoms with Crippen molar-refractivity contribution in [2.75, 3.05) is 25.6 Å². The summed E-state index contributed by atoms with van der Waals surface area (Å²) in [6.07, 6.45) is 2.08. The van der Waals surface area contributed by atoms with Crippen LogP contribution >= 0.6 is 0 Å². The summed E-state index contributed by atoms with van der Waals surface area (Å²) in [6, 6.07) is 0. The Morgan fingerprint density at radius 2 is 1.77 bits per heavy atom. The minimum absolute atomic E-state index is 0.0158. The molecule has 0 N–H and O–H groups in total. The summed E-state index contributed by atoms with van der Waals surface area (Å²) in [7, 11) is -3.29. The summed E-state index contributed by atoms with van der Waals surface area (Å²) in [4.78, 5) is 0. The third kappa shape index (κ3) is 8.21. The van der Waals surface area contributed by atoms with Crippen LogP contribution in [0.1, 0.15) is 26.7 Å². The van der Waals surface area contributed by atoms with Crippen molar-refractivity contribution in [3.05, 3.63) is 0 Å². The van der Waals surface area contributed by atoms with Crippen molar-refractivity contribution < 1.29 is 17.3 Å². The Kier molecular flexibility index (Phi) is 7.22. The number of hydrogen-bond acceptors (Lipinski definition) is 4. The fourth-order valence-corrected chi connectivity index (χ4v) is 1.14. The Hall–Kier alpha value is -0.130. The fourth-order valence-electron chi connectivity index (χ4n) is 0.652. The van der Waals surface area contributed by atoms with Crippen LogP contribution in [-0.4, -0.2) is 34.0 Å². The van der Waals surface area contributed by atoms with Gasteiger partial charge in [0.15, 0.2) is 0 Å². The van der Waals surface area contributed by atoms with E-state index in [0.29, 0.717) is 13.2 Å². The van der Waals surface area contributed by atoms with Crippen LogP contribution in [0.25, 0.3) is 0 Å². The van der Waals surface area contributed by atoms with Crippen LogP contribution in [0.4, 0.5) is 0 Å². The van der Waals surface area contributed by atoms with E-state index in [1.54, 1.807) is 6.92 Å². The van der Waals surface area contributed by atoms with Crippen LogP contribution in [0.3, 0.4) is 0 Å². The molecule has 0 bridgehead atoms. The van der Waals surface area contributed by atoms with Crippen molar-refractivity contribution in [3.8, 4) is 0 Å². The van der Waals surface area contributed by atoms with Gasteiger partial charge in [0.25, 0.3) is 10.1 Å². The van der Waals surface area contributed by atoms with Gasteiger partial charge in [-0.2, -0.15) is 8.42 Å².